The van der Waals surface area contributed by atoms with Gasteiger partial charge < -0.3 is 19.9 Å². The van der Waals surface area contributed by atoms with Crippen LogP contribution < -0.4 is 10.9 Å². The first-order valence-electron chi connectivity index (χ1n) is 8.45. The molecule has 2 amide bonds. The van der Waals surface area contributed by atoms with Crippen LogP contribution in [0.1, 0.15) is 27.1 Å². The summed E-state index contributed by atoms with van der Waals surface area (Å²) < 4.78 is 1.33. The first kappa shape index (κ1) is 17.9. The van der Waals surface area contributed by atoms with Crippen LogP contribution in [0.4, 0.5) is 0 Å². The molecular weight excluding hydrogens is 334 g/mol. The van der Waals surface area contributed by atoms with Crippen molar-refractivity contribution < 1.29 is 14.7 Å². The Morgan fingerprint density at radius 3 is 2.50 bits per heavy atom. The Hall–Kier alpha value is -2.93. The molecule has 0 radical (unpaired) electrons. The third-order valence-corrected chi connectivity index (χ3v) is 4.55. The zero-order chi connectivity index (χ0) is 18.7. The fourth-order valence-corrected chi connectivity index (χ4v) is 3.03. The number of benzene rings is 1. The number of pyridine rings is 1. The van der Waals surface area contributed by atoms with Crippen molar-refractivity contribution in [2.24, 2.45) is 7.05 Å². The summed E-state index contributed by atoms with van der Waals surface area (Å²) in [4.78, 5) is 37.8. The van der Waals surface area contributed by atoms with Gasteiger partial charge in [-0.2, -0.15) is 0 Å². The van der Waals surface area contributed by atoms with Crippen molar-refractivity contribution in [3.8, 4) is 0 Å². The smallest absolute Gasteiger partial charge is 0.253 e. The van der Waals surface area contributed by atoms with Crippen molar-refractivity contribution in [3.63, 3.8) is 0 Å². The number of aliphatic hydroxyl groups excluding tert-OH is 1. The number of aliphatic hydroxyl groups is 1. The normalized spacial score (nSPS) is 19.8. The molecule has 3 rings (SSSR count). The van der Waals surface area contributed by atoms with E-state index in [1.54, 1.807) is 36.2 Å². The number of piperidine rings is 1. The monoisotopic (exact) mass is 355 g/mol. The van der Waals surface area contributed by atoms with Crippen molar-refractivity contribution in [1.29, 1.82) is 0 Å². The highest BCUT2D eigenvalue weighted by Crippen LogP contribution is 2.15. The number of hydrogen-bond donors (Lipinski definition) is 2. The second-order valence-electron chi connectivity index (χ2n) is 6.42. The van der Waals surface area contributed by atoms with Crippen LogP contribution in [-0.2, 0) is 7.05 Å². The summed E-state index contributed by atoms with van der Waals surface area (Å²) >= 11 is 0. The van der Waals surface area contributed by atoms with Gasteiger partial charge in [-0.05, 0) is 24.6 Å². The number of amides is 2. The molecule has 1 aromatic carbocycles. The average molecular weight is 355 g/mol. The molecule has 2 heterocycles. The molecule has 26 heavy (non-hydrogen) atoms. The van der Waals surface area contributed by atoms with E-state index in [2.05, 4.69) is 5.32 Å². The van der Waals surface area contributed by atoms with Crippen LogP contribution in [0, 0.1) is 0 Å². The Morgan fingerprint density at radius 2 is 1.85 bits per heavy atom. The van der Waals surface area contributed by atoms with Crippen LogP contribution in [0.15, 0.2) is 53.5 Å². The SMILES string of the molecule is Cn1cc(C(=O)N[C@@H]2CCN(C(=O)c3ccccc3)C[C@H]2O)ccc1=O. The van der Waals surface area contributed by atoms with Crippen LogP contribution in [0.3, 0.4) is 0 Å². The van der Waals surface area contributed by atoms with Crippen molar-refractivity contribution in [1.82, 2.24) is 14.8 Å². The minimum absolute atomic E-state index is 0.132. The van der Waals surface area contributed by atoms with E-state index in [1.165, 1.54) is 22.9 Å². The Labute approximate surface area is 150 Å². The third-order valence-electron chi connectivity index (χ3n) is 4.55. The molecule has 136 valence electrons. The van der Waals surface area contributed by atoms with E-state index in [1.807, 2.05) is 6.07 Å². The van der Waals surface area contributed by atoms with Gasteiger partial charge in [0.15, 0.2) is 0 Å². The molecule has 0 bridgehead atoms. The van der Waals surface area contributed by atoms with E-state index in [0.29, 0.717) is 24.1 Å². The summed E-state index contributed by atoms with van der Waals surface area (Å²) in [5.74, 6) is -0.486. The maximum absolute atomic E-state index is 12.5. The molecule has 1 saturated heterocycles. The van der Waals surface area contributed by atoms with Crippen LogP contribution in [-0.4, -0.2) is 51.6 Å². The van der Waals surface area contributed by atoms with Gasteiger partial charge in [0.25, 0.3) is 11.8 Å². The summed E-state index contributed by atoms with van der Waals surface area (Å²) in [6.45, 7) is 0.606. The van der Waals surface area contributed by atoms with Crippen molar-refractivity contribution in [2.45, 2.75) is 18.6 Å². The molecule has 1 fully saturated rings. The standard InChI is InChI=1S/C19H21N3O4/c1-21-11-14(7-8-17(21)24)18(25)20-15-9-10-22(12-16(15)23)19(26)13-5-3-2-4-6-13/h2-8,11,15-16,23H,9-10,12H2,1H3,(H,20,25)/t15-,16-/m1/s1. The Morgan fingerprint density at radius 1 is 1.12 bits per heavy atom. The number of aromatic nitrogens is 1. The Kier molecular flexibility index (Phi) is 5.18. The molecule has 2 atom stereocenters. The first-order chi connectivity index (χ1) is 12.5. The van der Waals surface area contributed by atoms with E-state index in [9.17, 15) is 19.5 Å². The van der Waals surface area contributed by atoms with Gasteiger partial charge in [0.05, 0.1) is 17.7 Å². The van der Waals surface area contributed by atoms with Gasteiger partial charge in [0.2, 0.25) is 5.56 Å². The fourth-order valence-electron chi connectivity index (χ4n) is 3.03. The minimum atomic E-state index is -0.854. The molecular formula is C19H21N3O4. The predicted molar refractivity (Wildman–Crippen MR) is 95.9 cm³/mol. The second kappa shape index (κ2) is 7.53. The Balaban J connectivity index is 1.62. The summed E-state index contributed by atoms with van der Waals surface area (Å²) in [7, 11) is 1.57. The summed E-state index contributed by atoms with van der Waals surface area (Å²) in [6, 6.07) is 11.2. The molecule has 1 aliphatic heterocycles. The lowest BCUT2D eigenvalue weighted by atomic mass is 10.0. The summed E-state index contributed by atoms with van der Waals surface area (Å²) in [5, 5.41) is 13.2. The van der Waals surface area contributed by atoms with Gasteiger partial charge in [0.1, 0.15) is 0 Å². The quantitative estimate of drug-likeness (QED) is 0.833. The van der Waals surface area contributed by atoms with Crippen molar-refractivity contribution >= 4 is 11.8 Å². The number of carbonyl (C=O) groups is 2. The van der Waals surface area contributed by atoms with E-state index in [0.717, 1.165) is 0 Å². The van der Waals surface area contributed by atoms with Crippen LogP contribution >= 0.6 is 0 Å². The Bertz CT molecular complexity index is 863. The highest BCUT2D eigenvalue weighted by Gasteiger charge is 2.31. The summed E-state index contributed by atoms with van der Waals surface area (Å²) in [6.07, 6.45) is 1.06. The van der Waals surface area contributed by atoms with Crippen LogP contribution in [0.5, 0.6) is 0 Å². The maximum atomic E-state index is 12.5. The molecule has 0 saturated carbocycles. The number of carbonyl (C=O) groups excluding carboxylic acids is 2. The molecule has 0 spiro atoms. The van der Waals surface area contributed by atoms with E-state index in [4.69, 9.17) is 0 Å². The zero-order valence-electron chi connectivity index (χ0n) is 14.5. The number of nitrogens with one attached hydrogen (secondary N) is 1. The molecule has 2 N–H and O–H groups in total. The highest BCUT2D eigenvalue weighted by atomic mass is 16.3. The lowest BCUT2D eigenvalue weighted by Crippen LogP contribution is -2.55. The van der Waals surface area contributed by atoms with Gasteiger partial charge in [-0.25, -0.2) is 0 Å². The minimum Gasteiger partial charge on any atom is -0.389 e. The van der Waals surface area contributed by atoms with E-state index < -0.39 is 12.1 Å². The molecule has 7 heteroatoms. The number of aryl methyl sites for hydroxylation is 1. The molecule has 1 aromatic heterocycles. The van der Waals surface area contributed by atoms with E-state index >= 15 is 0 Å². The third kappa shape index (κ3) is 3.83. The zero-order valence-corrected chi connectivity index (χ0v) is 14.5. The maximum Gasteiger partial charge on any atom is 0.253 e. The lowest BCUT2D eigenvalue weighted by Gasteiger charge is -2.36. The molecule has 0 unspecified atom stereocenters. The average Bonchev–Trinajstić information content (AvgIpc) is 2.65. The second-order valence-corrected chi connectivity index (χ2v) is 6.42. The fraction of sp³-hybridized carbons (Fsp3) is 0.316. The van der Waals surface area contributed by atoms with Crippen LogP contribution in [0.2, 0.25) is 0 Å². The topological polar surface area (TPSA) is 91.6 Å². The van der Waals surface area contributed by atoms with Gasteiger partial charge >= 0.3 is 0 Å². The largest absolute Gasteiger partial charge is 0.389 e. The molecule has 0 aliphatic carbocycles. The summed E-state index contributed by atoms with van der Waals surface area (Å²) in [5.41, 5.74) is 0.726. The van der Waals surface area contributed by atoms with E-state index in [-0.39, 0.29) is 23.9 Å². The molecule has 2 aromatic rings. The number of β-amino-alcohol motifs (C(OH)–C–C–N with tert-alkyl or cyclic N) is 1. The highest BCUT2D eigenvalue weighted by molar-refractivity contribution is 5.95. The first-order valence-corrected chi connectivity index (χ1v) is 8.45. The van der Waals surface area contributed by atoms with Crippen LogP contribution in [0.25, 0.3) is 0 Å². The number of rotatable bonds is 3. The van der Waals surface area contributed by atoms with Gasteiger partial charge in [-0.15, -0.1) is 0 Å². The number of nitrogens with zero attached hydrogens (tertiary/aromatic N) is 2. The van der Waals surface area contributed by atoms with Gasteiger partial charge in [0, 0.05) is 38.0 Å². The van der Waals surface area contributed by atoms with Gasteiger partial charge in [-0.1, -0.05) is 18.2 Å². The number of hydrogen-bond acceptors (Lipinski definition) is 4. The van der Waals surface area contributed by atoms with Gasteiger partial charge in [-0.3, -0.25) is 14.4 Å². The lowest BCUT2D eigenvalue weighted by molar-refractivity contribution is 0.0314. The van der Waals surface area contributed by atoms with Crippen molar-refractivity contribution in [3.05, 3.63) is 70.1 Å². The molecule has 7 nitrogen and oxygen atoms in total. The predicted octanol–water partition coefficient (Wildman–Crippen LogP) is 0.391. The number of likely N-dealkylation sites (tertiary alicyclic amines) is 1. The molecule has 1 aliphatic rings. The van der Waals surface area contributed by atoms with Crippen molar-refractivity contribution in [2.75, 3.05) is 13.1 Å².